The van der Waals surface area contributed by atoms with Crippen molar-refractivity contribution in [2.75, 3.05) is 18.4 Å². The standard InChI is InChI=1S/C13H14N4O4/c1-7(11(18)17-5-4-14-12(17)19)15-8-2-3-10-9(6-8)16-13(20)21-10/h2-3,6-7,15H,4-5H2,1H3,(H,14,19)(H,16,20). The molecule has 8 nitrogen and oxygen atoms in total. The Labute approximate surface area is 119 Å². The number of fused-ring (bicyclic) bond motifs is 1. The van der Waals surface area contributed by atoms with Crippen LogP contribution in [0.4, 0.5) is 10.5 Å². The van der Waals surface area contributed by atoms with E-state index < -0.39 is 11.8 Å². The van der Waals surface area contributed by atoms with Crippen molar-refractivity contribution in [3.63, 3.8) is 0 Å². The van der Waals surface area contributed by atoms with Crippen LogP contribution in [0.2, 0.25) is 0 Å². The zero-order chi connectivity index (χ0) is 15.0. The van der Waals surface area contributed by atoms with Crippen molar-refractivity contribution >= 4 is 28.7 Å². The minimum Gasteiger partial charge on any atom is -0.408 e. The minimum atomic E-state index is -0.565. The summed E-state index contributed by atoms with van der Waals surface area (Å²) < 4.78 is 4.90. The molecule has 0 bridgehead atoms. The fourth-order valence-corrected chi connectivity index (χ4v) is 2.27. The maximum absolute atomic E-state index is 12.2. The van der Waals surface area contributed by atoms with Gasteiger partial charge in [0.05, 0.1) is 5.52 Å². The lowest BCUT2D eigenvalue weighted by molar-refractivity contribution is -0.128. The van der Waals surface area contributed by atoms with Crippen LogP contribution < -0.4 is 16.4 Å². The molecule has 2 aromatic rings. The molecule has 1 atom stereocenters. The van der Waals surface area contributed by atoms with Gasteiger partial charge in [0, 0.05) is 18.8 Å². The van der Waals surface area contributed by atoms with Gasteiger partial charge in [-0.2, -0.15) is 0 Å². The highest BCUT2D eigenvalue weighted by Gasteiger charge is 2.29. The molecule has 0 aliphatic carbocycles. The molecule has 1 aromatic heterocycles. The summed E-state index contributed by atoms with van der Waals surface area (Å²) >= 11 is 0. The molecule has 1 unspecified atom stereocenters. The number of oxazole rings is 1. The molecule has 2 heterocycles. The lowest BCUT2D eigenvalue weighted by atomic mass is 10.2. The first-order valence-corrected chi connectivity index (χ1v) is 6.53. The molecule has 1 aromatic carbocycles. The van der Waals surface area contributed by atoms with Crippen LogP contribution in [-0.4, -0.2) is 41.0 Å². The number of aromatic amines is 1. The molecule has 8 heteroatoms. The Balaban J connectivity index is 1.76. The molecule has 0 saturated carbocycles. The van der Waals surface area contributed by atoms with Crippen LogP contribution in [0.15, 0.2) is 27.4 Å². The number of nitrogens with one attached hydrogen (secondary N) is 3. The topological polar surface area (TPSA) is 107 Å². The highest BCUT2D eigenvalue weighted by atomic mass is 16.4. The maximum atomic E-state index is 12.2. The number of rotatable bonds is 3. The number of hydrogen-bond donors (Lipinski definition) is 3. The predicted molar refractivity (Wildman–Crippen MR) is 75.0 cm³/mol. The van der Waals surface area contributed by atoms with E-state index in [1.54, 1.807) is 25.1 Å². The lowest BCUT2D eigenvalue weighted by Crippen LogP contribution is -2.43. The van der Waals surface area contributed by atoms with Gasteiger partial charge in [0.1, 0.15) is 6.04 Å². The van der Waals surface area contributed by atoms with Crippen molar-refractivity contribution in [1.29, 1.82) is 0 Å². The van der Waals surface area contributed by atoms with Gasteiger partial charge in [-0.15, -0.1) is 0 Å². The molecule has 0 spiro atoms. The fraction of sp³-hybridized carbons (Fsp3) is 0.308. The number of carbonyl (C=O) groups is 2. The zero-order valence-corrected chi connectivity index (χ0v) is 11.3. The van der Waals surface area contributed by atoms with E-state index >= 15 is 0 Å². The van der Waals surface area contributed by atoms with Crippen LogP contribution in [0, 0.1) is 0 Å². The third-order valence-electron chi connectivity index (χ3n) is 3.30. The van der Waals surface area contributed by atoms with Gasteiger partial charge in [0.15, 0.2) is 5.58 Å². The highest BCUT2D eigenvalue weighted by molar-refractivity contribution is 5.99. The molecule has 1 aliphatic rings. The summed E-state index contributed by atoms with van der Waals surface area (Å²) in [7, 11) is 0. The van der Waals surface area contributed by atoms with Crippen molar-refractivity contribution < 1.29 is 14.0 Å². The van der Waals surface area contributed by atoms with Gasteiger partial charge in [-0.3, -0.25) is 14.7 Å². The predicted octanol–water partition coefficient (Wildman–Crippen LogP) is 0.473. The normalized spacial score (nSPS) is 16.0. The van der Waals surface area contributed by atoms with E-state index in [1.165, 1.54) is 4.90 Å². The summed E-state index contributed by atoms with van der Waals surface area (Å²) in [6.07, 6.45) is 0. The van der Waals surface area contributed by atoms with Crippen molar-refractivity contribution in [2.24, 2.45) is 0 Å². The van der Waals surface area contributed by atoms with Gasteiger partial charge in [-0.05, 0) is 25.1 Å². The quantitative estimate of drug-likeness (QED) is 0.761. The second-order valence-corrected chi connectivity index (χ2v) is 4.81. The second kappa shape index (κ2) is 4.97. The largest absolute Gasteiger partial charge is 0.417 e. The van der Waals surface area contributed by atoms with E-state index in [-0.39, 0.29) is 11.9 Å². The Morgan fingerprint density at radius 1 is 1.43 bits per heavy atom. The fourth-order valence-electron chi connectivity index (χ4n) is 2.27. The molecule has 1 saturated heterocycles. The minimum absolute atomic E-state index is 0.300. The Kier molecular flexibility index (Phi) is 3.13. The third-order valence-corrected chi connectivity index (χ3v) is 3.30. The number of H-pyrrole nitrogens is 1. The monoisotopic (exact) mass is 290 g/mol. The molecule has 3 amide bonds. The first-order chi connectivity index (χ1) is 10.0. The van der Waals surface area contributed by atoms with Gasteiger partial charge in [-0.1, -0.05) is 0 Å². The average Bonchev–Trinajstić information content (AvgIpc) is 3.02. The second-order valence-electron chi connectivity index (χ2n) is 4.81. The Hall–Kier alpha value is -2.77. The molecule has 1 aliphatic heterocycles. The number of nitrogens with zero attached hydrogens (tertiary/aromatic N) is 1. The van der Waals surface area contributed by atoms with E-state index in [9.17, 15) is 14.4 Å². The van der Waals surface area contributed by atoms with Crippen LogP contribution in [-0.2, 0) is 4.79 Å². The number of benzene rings is 1. The molecular weight excluding hydrogens is 276 g/mol. The summed E-state index contributed by atoms with van der Waals surface area (Å²) in [4.78, 5) is 38.4. The van der Waals surface area contributed by atoms with Crippen molar-refractivity contribution in [2.45, 2.75) is 13.0 Å². The molecule has 3 rings (SSSR count). The van der Waals surface area contributed by atoms with Crippen molar-refractivity contribution in [3.05, 3.63) is 28.7 Å². The summed E-state index contributed by atoms with van der Waals surface area (Å²) in [5.74, 6) is -0.828. The number of aromatic nitrogens is 1. The number of carbonyl (C=O) groups excluding carboxylic acids is 2. The molecule has 1 fully saturated rings. The highest BCUT2D eigenvalue weighted by Crippen LogP contribution is 2.17. The van der Waals surface area contributed by atoms with E-state index in [2.05, 4.69) is 15.6 Å². The van der Waals surface area contributed by atoms with Crippen LogP contribution >= 0.6 is 0 Å². The Morgan fingerprint density at radius 3 is 2.95 bits per heavy atom. The Bertz CT molecular complexity index is 763. The number of anilines is 1. The van der Waals surface area contributed by atoms with Crippen LogP contribution in [0.1, 0.15) is 6.92 Å². The van der Waals surface area contributed by atoms with Gasteiger partial charge < -0.3 is 15.1 Å². The van der Waals surface area contributed by atoms with E-state index in [0.717, 1.165) is 0 Å². The smallest absolute Gasteiger partial charge is 0.408 e. The van der Waals surface area contributed by atoms with E-state index in [4.69, 9.17) is 4.42 Å². The van der Waals surface area contributed by atoms with E-state index in [1.807, 2.05) is 0 Å². The molecule has 110 valence electrons. The van der Waals surface area contributed by atoms with E-state index in [0.29, 0.717) is 29.9 Å². The number of imide groups is 1. The SMILES string of the molecule is CC(Nc1ccc2oc(=O)[nH]c2c1)C(=O)N1CCNC1=O. The van der Waals surface area contributed by atoms with Gasteiger partial charge >= 0.3 is 11.8 Å². The number of urea groups is 1. The van der Waals surface area contributed by atoms with Crippen molar-refractivity contribution in [3.8, 4) is 0 Å². The summed E-state index contributed by atoms with van der Waals surface area (Å²) in [6, 6.07) is 4.07. The van der Waals surface area contributed by atoms with Crippen molar-refractivity contribution in [1.82, 2.24) is 15.2 Å². The van der Waals surface area contributed by atoms with Gasteiger partial charge in [0.2, 0.25) is 0 Å². The molecule has 3 N–H and O–H groups in total. The first kappa shape index (κ1) is 13.2. The van der Waals surface area contributed by atoms with Crippen LogP contribution in [0.25, 0.3) is 11.1 Å². The lowest BCUT2D eigenvalue weighted by Gasteiger charge is -2.19. The number of amides is 3. The molecule has 0 radical (unpaired) electrons. The number of hydrogen-bond acceptors (Lipinski definition) is 5. The third kappa shape index (κ3) is 2.47. The molecule has 21 heavy (non-hydrogen) atoms. The van der Waals surface area contributed by atoms with Gasteiger partial charge in [0.25, 0.3) is 5.91 Å². The average molecular weight is 290 g/mol. The van der Waals surface area contributed by atoms with Crippen LogP contribution in [0.5, 0.6) is 0 Å². The zero-order valence-electron chi connectivity index (χ0n) is 11.3. The first-order valence-electron chi connectivity index (χ1n) is 6.53. The molecular formula is C13H14N4O4. The van der Waals surface area contributed by atoms with Crippen LogP contribution in [0.3, 0.4) is 0 Å². The summed E-state index contributed by atoms with van der Waals surface area (Å²) in [5, 5.41) is 5.59. The summed E-state index contributed by atoms with van der Waals surface area (Å²) in [5.41, 5.74) is 1.65. The van der Waals surface area contributed by atoms with Gasteiger partial charge in [-0.25, -0.2) is 9.59 Å². The Morgan fingerprint density at radius 2 is 2.24 bits per heavy atom. The summed E-state index contributed by atoms with van der Waals surface area (Å²) in [6.45, 7) is 2.52. The maximum Gasteiger partial charge on any atom is 0.417 e.